The Hall–Kier alpha value is -4.91. The minimum Gasteiger partial charge on any atom is -0.453 e. The van der Waals surface area contributed by atoms with Gasteiger partial charge in [-0.15, -0.1) is 10.2 Å². The number of hydrogen-bond donors (Lipinski definition) is 2. The number of ether oxygens (including phenoxy) is 1. The SMILES string of the molecule is COC(=O)Nc1ncc(-c2ccccc2)n(CC(=O)N[C@H](C(=O)c2nnc(C(C)(C)c3ccc(Cl)cn3)o2)C(C)C)c1=O. The Kier molecular flexibility index (Phi) is 9.34. The molecule has 13 nitrogen and oxygen atoms in total. The summed E-state index contributed by atoms with van der Waals surface area (Å²) in [4.78, 5) is 60.2. The summed E-state index contributed by atoms with van der Waals surface area (Å²) >= 11 is 5.96. The van der Waals surface area contributed by atoms with Gasteiger partial charge in [-0.3, -0.25) is 29.3 Å². The van der Waals surface area contributed by atoms with E-state index in [-0.39, 0.29) is 23.5 Å². The topological polar surface area (TPSA) is 171 Å². The number of anilines is 1. The minimum atomic E-state index is -1.05. The average molecular weight is 608 g/mol. The molecule has 0 bridgehead atoms. The molecule has 2 N–H and O–H groups in total. The Bertz CT molecular complexity index is 1680. The van der Waals surface area contributed by atoms with Crippen LogP contribution in [0.1, 0.15) is 50.0 Å². The highest BCUT2D eigenvalue weighted by Gasteiger charge is 2.35. The van der Waals surface area contributed by atoms with Crippen LogP contribution in [0.15, 0.2) is 64.1 Å². The van der Waals surface area contributed by atoms with Crippen LogP contribution in [0.4, 0.5) is 10.6 Å². The van der Waals surface area contributed by atoms with Gasteiger partial charge in [0.2, 0.25) is 23.4 Å². The van der Waals surface area contributed by atoms with Gasteiger partial charge in [-0.25, -0.2) is 9.78 Å². The van der Waals surface area contributed by atoms with Crippen molar-refractivity contribution < 1.29 is 23.5 Å². The van der Waals surface area contributed by atoms with Crippen molar-refractivity contribution >= 4 is 35.2 Å². The minimum absolute atomic E-state index is 0.154. The smallest absolute Gasteiger partial charge is 0.412 e. The second-order valence-electron chi connectivity index (χ2n) is 10.4. The molecule has 0 aliphatic heterocycles. The molecule has 0 aliphatic rings. The summed E-state index contributed by atoms with van der Waals surface area (Å²) in [7, 11) is 1.14. The third-order valence-electron chi connectivity index (χ3n) is 6.64. The van der Waals surface area contributed by atoms with E-state index in [1.165, 1.54) is 12.4 Å². The summed E-state index contributed by atoms with van der Waals surface area (Å²) in [6, 6.07) is 11.2. The Balaban J connectivity index is 1.59. The van der Waals surface area contributed by atoms with Gasteiger partial charge in [-0.1, -0.05) is 55.8 Å². The van der Waals surface area contributed by atoms with E-state index in [2.05, 4.69) is 35.5 Å². The Labute approximate surface area is 251 Å². The van der Waals surface area contributed by atoms with Crippen molar-refractivity contribution in [1.29, 1.82) is 0 Å². The first-order valence-electron chi connectivity index (χ1n) is 13.2. The van der Waals surface area contributed by atoms with Crippen molar-refractivity contribution in [3.63, 3.8) is 0 Å². The zero-order chi connectivity index (χ0) is 31.3. The number of aromatic nitrogens is 5. The molecule has 4 rings (SSSR count). The van der Waals surface area contributed by atoms with Crippen molar-refractivity contribution in [2.24, 2.45) is 5.92 Å². The van der Waals surface area contributed by atoms with E-state index in [1.807, 2.05) is 13.8 Å². The fourth-order valence-electron chi connectivity index (χ4n) is 4.18. The summed E-state index contributed by atoms with van der Waals surface area (Å²) in [5.74, 6) is -2.08. The molecular weight excluding hydrogens is 578 g/mol. The molecule has 2 amide bonds. The normalized spacial score (nSPS) is 12.1. The molecule has 4 aromatic rings. The lowest BCUT2D eigenvalue weighted by Crippen LogP contribution is -2.46. The highest BCUT2D eigenvalue weighted by Crippen LogP contribution is 2.30. The molecule has 0 unspecified atom stereocenters. The largest absolute Gasteiger partial charge is 0.453 e. The summed E-state index contributed by atoms with van der Waals surface area (Å²) < 4.78 is 11.5. The van der Waals surface area contributed by atoms with E-state index in [4.69, 9.17) is 16.0 Å². The number of ketones is 1. The van der Waals surface area contributed by atoms with Crippen LogP contribution < -0.4 is 16.2 Å². The van der Waals surface area contributed by atoms with Crippen LogP contribution in [0.5, 0.6) is 0 Å². The predicted molar refractivity (Wildman–Crippen MR) is 157 cm³/mol. The van der Waals surface area contributed by atoms with Gasteiger partial charge in [0.15, 0.2) is 0 Å². The number of carbonyl (C=O) groups excluding carboxylic acids is 3. The first-order valence-corrected chi connectivity index (χ1v) is 13.6. The van der Waals surface area contributed by atoms with Crippen molar-refractivity contribution in [3.8, 4) is 11.3 Å². The van der Waals surface area contributed by atoms with Crippen molar-refractivity contribution in [3.05, 3.63) is 87.7 Å². The van der Waals surface area contributed by atoms with E-state index in [0.29, 0.717) is 22.0 Å². The number of hydrogen-bond acceptors (Lipinski definition) is 10. The first-order chi connectivity index (χ1) is 20.4. The van der Waals surface area contributed by atoms with Crippen molar-refractivity contribution in [2.45, 2.75) is 45.7 Å². The second-order valence-corrected chi connectivity index (χ2v) is 10.9. The van der Waals surface area contributed by atoms with E-state index < -0.39 is 41.3 Å². The highest BCUT2D eigenvalue weighted by atomic mass is 35.5. The lowest BCUT2D eigenvalue weighted by atomic mass is 9.89. The van der Waals surface area contributed by atoms with Gasteiger partial charge in [0.25, 0.3) is 11.4 Å². The van der Waals surface area contributed by atoms with Gasteiger partial charge in [-0.2, -0.15) is 0 Å². The number of methoxy groups -OCH3 is 1. The van der Waals surface area contributed by atoms with Gasteiger partial charge in [-0.05, 0) is 37.5 Å². The first kappa shape index (κ1) is 31.0. The molecule has 0 aliphatic carbocycles. The summed E-state index contributed by atoms with van der Waals surface area (Å²) in [6.45, 7) is 6.63. The number of pyridine rings is 1. The Morgan fingerprint density at radius 2 is 1.77 bits per heavy atom. The molecule has 0 radical (unpaired) electrons. The second kappa shape index (κ2) is 12.9. The molecule has 3 aromatic heterocycles. The average Bonchev–Trinajstić information content (AvgIpc) is 3.50. The number of amides is 2. The number of benzene rings is 1. The molecule has 224 valence electrons. The van der Waals surface area contributed by atoms with Crippen molar-refractivity contribution in [2.75, 3.05) is 12.4 Å². The lowest BCUT2D eigenvalue weighted by Gasteiger charge is -2.21. The summed E-state index contributed by atoms with van der Waals surface area (Å²) in [6.07, 6.45) is 1.96. The van der Waals surface area contributed by atoms with Crippen LogP contribution in [0, 0.1) is 5.92 Å². The Morgan fingerprint density at radius 1 is 1.05 bits per heavy atom. The summed E-state index contributed by atoms with van der Waals surface area (Å²) in [5, 5.41) is 13.4. The molecule has 1 aromatic carbocycles. The maximum atomic E-state index is 13.5. The number of carbonyl (C=O) groups is 3. The molecule has 3 heterocycles. The van der Waals surface area contributed by atoms with Gasteiger partial charge in [0.1, 0.15) is 6.54 Å². The zero-order valence-electron chi connectivity index (χ0n) is 24.1. The zero-order valence-corrected chi connectivity index (χ0v) is 24.9. The van der Waals surface area contributed by atoms with Gasteiger partial charge in [0.05, 0.1) is 41.2 Å². The summed E-state index contributed by atoms with van der Waals surface area (Å²) in [5.41, 5.74) is -0.0421. The van der Waals surface area contributed by atoms with Gasteiger partial charge >= 0.3 is 6.09 Å². The molecule has 0 saturated carbocycles. The van der Waals surface area contributed by atoms with Gasteiger partial charge < -0.3 is 14.5 Å². The number of halogens is 1. The molecule has 0 saturated heterocycles. The fourth-order valence-corrected chi connectivity index (χ4v) is 4.29. The quantitative estimate of drug-likeness (QED) is 0.252. The number of Topliss-reactive ketones (excluding diaryl/α,β-unsaturated/α-hetero) is 1. The molecule has 43 heavy (non-hydrogen) atoms. The van der Waals surface area contributed by atoms with Crippen LogP contribution in [0.2, 0.25) is 5.02 Å². The van der Waals surface area contributed by atoms with Crippen LogP contribution in [0.3, 0.4) is 0 Å². The van der Waals surface area contributed by atoms with Crippen LogP contribution in [-0.2, 0) is 21.5 Å². The molecular formula is C29H30ClN7O6. The monoisotopic (exact) mass is 607 g/mol. The number of nitrogens with zero attached hydrogens (tertiary/aromatic N) is 5. The van der Waals surface area contributed by atoms with E-state index in [0.717, 1.165) is 11.7 Å². The molecule has 0 spiro atoms. The van der Waals surface area contributed by atoms with E-state index in [9.17, 15) is 19.2 Å². The van der Waals surface area contributed by atoms with Gasteiger partial charge in [0, 0.05) is 6.20 Å². The third-order valence-corrected chi connectivity index (χ3v) is 6.86. The number of nitrogens with one attached hydrogen (secondary N) is 2. The molecule has 0 fully saturated rings. The van der Waals surface area contributed by atoms with Crippen LogP contribution >= 0.6 is 11.6 Å². The molecule has 14 heteroatoms. The predicted octanol–water partition coefficient (Wildman–Crippen LogP) is 3.87. The van der Waals surface area contributed by atoms with E-state index >= 15 is 0 Å². The van der Waals surface area contributed by atoms with E-state index in [1.54, 1.807) is 56.3 Å². The lowest BCUT2D eigenvalue weighted by molar-refractivity contribution is -0.122. The standard InChI is InChI=1S/C29H30ClN7O6/c1-16(2)22(23(39)25-35-36-27(43-25)29(3,4)20-12-11-18(30)13-31-20)33-21(38)15-37-19(17-9-7-6-8-10-17)14-32-24(26(37)40)34-28(41)42-5/h6-14,16,22H,15H2,1-5H3,(H,33,38)(H,32,34,41)/t22-/m0/s1. The van der Waals surface area contributed by atoms with Crippen LogP contribution in [0.25, 0.3) is 11.3 Å². The fraction of sp³-hybridized carbons (Fsp3) is 0.310. The number of rotatable bonds is 10. The maximum Gasteiger partial charge on any atom is 0.412 e. The Morgan fingerprint density at radius 3 is 2.40 bits per heavy atom. The van der Waals surface area contributed by atoms with Crippen LogP contribution in [-0.4, -0.2) is 55.7 Å². The maximum absolute atomic E-state index is 13.5. The third kappa shape index (κ3) is 6.95. The highest BCUT2D eigenvalue weighted by molar-refractivity contribution is 6.30. The van der Waals surface area contributed by atoms with Crippen molar-refractivity contribution in [1.82, 2.24) is 30.0 Å². The molecule has 1 atom stereocenters.